The summed E-state index contributed by atoms with van der Waals surface area (Å²) in [6.45, 7) is 6.44. The van der Waals surface area contributed by atoms with E-state index in [-0.39, 0.29) is 6.04 Å². The van der Waals surface area contributed by atoms with Crippen LogP contribution in [0.4, 0.5) is 0 Å². The third-order valence-corrected chi connectivity index (χ3v) is 3.65. The van der Waals surface area contributed by atoms with Crippen LogP contribution in [-0.2, 0) is 13.5 Å². The summed E-state index contributed by atoms with van der Waals surface area (Å²) in [5, 5.41) is 7.96. The molecule has 2 rings (SSSR count). The quantitative estimate of drug-likeness (QED) is 0.912. The van der Waals surface area contributed by atoms with Crippen LogP contribution < -0.4 is 5.32 Å². The summed E-state index contributed by atoms with van der Waals surface area (Å²) in [6, 6.07) is 9.00. The van der Waals surface area contributed by atoms with Crippen molar-refractivity contribution in [1.82, 2.24) is 15.1 Å². The molecule has 0 bridgehead atoms. The summed E-state index contributed by atoms with van der Waals surface area (Å²) in [7, 11) is 4.02. The number of hydrogen-bond donors (Lipinski definition) is 1. The zero-order chi connectivity index (χ0) is 14.0. The minimum Gasteiger partial charge on any atom is -0.308 e. The minimum absolute atomic E-state index is 0.193. The maximum atomic E-state index is 4.55. The van der Waals surface area contributed by atoms with E-state index >= 15 is 0 Å². The van der Waals surface area contributed by atoms with Crippen LogP contribution in [0.3, 0.4) is 0 Å². The normalized spacial score (nSPS) is 12.7. The van der Waals surface area contributed by atoms with Crippen LogP contribution in [0.5, 0.6) is 0 Å². The van der Waals surface area contributed by atoms with Crippen LogP contribution in [0.25, 0.3) is 0 Å². The van der Waals surface area contributed by atoms with E-state index in [4.69, 9.17) is 0 Å². The average molecular weight is 257 g/mol. The van der Waals surface area contributed by atoms with Gasteiger partial charge in [0.1, 0.15) is 0 Å². The molecule has 0 fully saturated rings. The van der Waals surface area contributed by atoms with Crippen molar-refractivity contribution < 1.29 is 0 Å². The topological polar surface area (TPSA) is 29.9 Å². The van der Waals surface area contributed by atoms with Gasteiger partial charge in [0.25, 0.3) is 0 Å². The Morgan fingerprint density at radius 3 is 2.53 bits per heavy atom. The Hall–Kier alpha value is -1.61. The maximum Gasteiger partial charge on any atom is 0.0748 e. The van der Waals surface area contributed by atoms with Gasteiger partial charge < -0.3 is 5.32 Å². The molecule has 0 aliphatic carbocycles. The second kappa shape index (κ2) is 5.57. The first-order valence-corrected chi connectivity index (χ1v) is 6.84. The SMILES string of the molecule is CCc1cc(C(NC)c2ccc(C)cc2C)n(C)n1. The molecule has 1 N–H and O–H groups in total. The van der Waals surface area contributed by atoms with E-state index in [2.05, 4.69) is 55.5 Å². The molecule has 1 aromatic carbocycles. The second-order valence-corrected chi connectivity index (χ2v) is 5.12. The minimum atomic E-state index is 0.193. The Bertz CT molecular complexity index is 569. The molecular weight excluding hydrogens is 234 g/mol. The fourth-order valence-corrected chi connectivity index (χ4v) is 2.60. The van der Waals surface area contributed by atoms with Crippen LogP contribution in [0.1, 0.15) is 41.0 Å². The number of nitrogens with one attached hydrogen (secondary N) is 1. The molecule has 0 aliphatic rings. The van der Waals surface area contributed by atoms with E-state index in [1.54, 1.807) is 0 Å². The molecule has 19 heavy (non-hydrogen) atoms. The highest BCUT2D eigenvalue weighted by Gasteiger charge is 2.18. The van der Waals surface area contributed by atoms with E-state index in [1.165, 1.54) is 22.4 Å². The lowest BCUT2D eigenvalue weighted by atomic mass is 9.97. The van der Waals surface area contributed by atoms with Gasteiger partial charge in [-0.2, -0.15) is 5.10 Å². The van der Waals surface area contributed by atoms with Crippen LogP contribution in [0, 0.1) is 13.8 Å². The molecule has 0 radical (unpaired) electrons. The van der Waals surface area contributed by atoms with Gasteiger partial charge in [-0.3, -0.25) is 4.68 Å². The summed E-state index contributed by atoms with van der Waals surface area (Å²) >= 11 is 0. The first-order valence-electron chi connectivity index (χ1n) is 6.84. The van der Waals surface area contributed by atoms with E-state index in [1.807, 2.05) is 18.8 Å². The molecule has 3 nitrogen and oxygen atoms in total. The number of aryl methyl sites for hydroxylation is 4. The summed E-state index contributed by atoms with van der Waals surface area (Å²) in [5.41, 5.74) is 6.29. The van der Waals surface area contributed by atoms with Crippen molar-refractivity contribution in [2.75, 3.05) is 7.05 Å². The molecule has 102 valence electrons. The summed E-state index contributed by atoms with van der Waals surface area (Å²) < 4.78 is 1.99. The highest BCUT2D eigenvalue weighted by molar-refractivity contribution is 5.37. The summed E-state index contributed by atoms with van der Waals surface area (Å²) in [4.78, 5) is 0. The summed E-state index contributed by atoms with van der Waals surface area (Å²) in [5.74, 6) is 0. The van der Waals surface area contributed by atoms with E-state index in [0.717, 1.165) is 12.1 Å². The first-order chi connectivity index (χ1) is 9.06. The predicted molar refractivity (Wildman–Crippen MR) is 79.4 cm³/mol. The standard InChI is InChI=1S/C16H23N3/c1-6-13-10-15(19(5)18-13)16(17-4)14-8-7-11(2)9-12(14)3/h7-10,16-17H,6H2,1-5H3. The number of benzene rings is 1. The third-order valence-electron chi connectivity index (χ3n) is 3.65. The van der Waals surface area contributed by atoms with Crippen molar-refractivity contribution in [1.29, 1.82) is 0 Å². The van der Waals surface area contributed by atoms with Gasteiger partial charge in [-0.15, -0.1) is 0 Å². The highest BCUT2D eigenvalue weighted by Crippen LogP contribution is 2.25. The Balaban J connectivity index is 2.46. The van der Waals surface area contributed by atoms with E-state index in [0.29, 0.717) is 0 Å². The lowest BCUT2D eigenvalue weighted by molar-refractivity contribution is 0.601. The van der Waals surface area contributed by atoms with Gasteiger partial charge >= 0.3 is 0 Å². The number of hydrogen-bond acceptors (Lipinski definition) is 2. The molecule has 1 atom stereocenters. The Morgan fingerprint density at radius 1 is 1.26 bits per heavy atom. The molecule has 1 unspecified atom stereocenters. The molecule has 1 aromatic heterocycles. The second-order valence-electron chi connectivity index (χ2n) is 5.12. The fraction of sp³-hybridized carbons (Fsp3) is 0.438. The van der Waals surface area contributed by atoms with Crippen LogP contribution in [-0.4, -0.2) is 16.8 Å². The van der Waals surface area contributed by atoms with Crippen LogP contribution in [0.15, 0.2) is 24.3 Å². The maximum absolute atomic E-state index is 4.55. The Kier molecular flexibility index (Phi) is 4.05. The van der Waals surface area contributed by atoms with Gasteiger partial charge in [0, 0.05) is 7.05 Å². The van der Waals surface area contributed by atoms with Crippen molar-refractivity contribution in [3.63, 3.8) is 0 Å². The van der Waals surface area contributed by atoms with Crippen molar-refractivity contribution in [2.24, 2.45) is 7.05 Å². The Labute approximate surface area is 115 Å². The highest BCUT2D eigenvalue weighted by atomic mass is 15.3. The van der Waals surface area contributed by atoms with Gasteiger partial charge in [0.2, 0.25) is 0 Å². The molecular formula is C16H23N3. The van der Waals surface area contributed by atoms with Crippen molar-refractivity contribution in [3.8, 4) is 0 Å². The number of nitrogens with zero attached hydrogens (tertiary/aromatic N) is 2. The van der Waals surface area contributed by atoms with Crippen molar-refractivity contribution in [3.05, 3.63) is 52.3 Å². The molecule has 3 heteroatoms. The third kappa shape index (κ3) is 2.71. The van der Waals surface area contributed by atoms with E-state index < -0.39 is 0 Å². The summed E-state index contributed by atoms with van der Waals surface area (Å²) in [6.07, 6.45) is 0.969. The molecule has 0 aliphatic heterocycles. The first kappa shape index (κ1) is 13.8. The van der Waals surface area contributed by atoms with Crippen molar-refractivity contribution in [2.45, 2.75) is 33.2 Å². The fourth-order valence-electron chi connectivity index (χ4n) is 2.60. The zero-order valence-electron chi connectivity index (χ0n) is 12.5. The Morgan fingerprint density at radius 2 is 2.00 bits per heavy atom. The average Bonchev–Trinajstić information content (AvgIpc) is 2.74. The molecule has 1 heterocycles. The molecule has 0 saturated carbocycles. The molecule has 0 saturated heterocycles. The molecule has 0 amide bonds. The molecule has 0 spiro atoms. The van der Waals surface area contributed by atoms with Gasteiger partial charge in [-0.05, 0) is 44.5 Å². The zero-order valence-corrected chi connectivity index (χ0v) is 12.5. The number of aromatic nitrogens is 2. The lowest BCUT2D eigenvalue weighted by Crippen LogP contribution is -2.21. The largest absolute Gasteiger partial charge is 0.308 e. The predicted octanol–water partition coefficient (Wildman–Crippen LogP) is 2.91. The van der Waals surface area contributed by atoms with Crippen molar-refractivity contribution >= 4 is 0 Å². The van der Waals surface area contributed by atoms with Crippen LogP contribution in [0.2, 0.25) is 0 Å². The monoisotopic (exact) mass is 257 g/mol. The van der Waals surface area contributed by atoms with Gasteiger partial charge in [-0.25, -0.2) is 0 Å². The lowest BCUT2D eigenvalue weighted by Gasteiger charge is -2.19. The molecule has 2 aromatic rings. The van der Waals surface area contributed by atoms with E-state index in [9.17, 15) is 0 Å². The van der Waals surface area contributed by atoms with Gasteiger partial charge in [0.15, 0.2) is 0 Å². The van der Waals surface area contributed by atoms with Gasteiger partial charge in [-0.1, -0.05) is 30.7 Å². The van der Waals surface area contributed by atoms with Gasteiger partial charge in [0.05, 0.1) is 17.4 Å². The smallest absolute Gasteiger partial charge is 0.0748 e. The van der Waals surface area contributed by atoms with Crippen LogP contribution >= 0.6 is 0 Å². The number of rotatable bonds is 4.